The van der Waals surface area contributed by atoms with E-state index in [2.05, 4.69) is 14.6 Å². The largest absolute Gasteiger partial charge is 0.493 e. The molecule has 1 aliphatic rings. The molecule has 1 saturated heterocycles. The molecule has 0 bridgehead atoms. The molecule has 1 aromatic heterocycles. The van der Waals surface area contributed by atoms with E-state index in [1.807, 2.05) is 17.5 Å². The van der Waals surface area contributed by atoms with Gasteiger partial charge in [-0.3, -0.25) is 0 Å². The topological polar surface area (TPSA) is 80.8 Å². The number of para-hydroxylation sites is 2. The van der Waals surface area contributed by atoms with Crippen LogP contribution in [0.3, 0.4) is 0 Å². The van der Waals surface area contributed by atoms with E-state index >= 15 is 0 Å². The summed E-state index contributed by atoms with van der Waals surface area (Å²) in [6, 6.07) is 13.7. The van der Waals surface area contributed by atoms with Gasteiger partial charge >= 0.3 is 0 Å². The first kappa shape index (κ1) is 21.6. The number of thiazole rings is 1. The molecular weight excluding hydrogens is 434 g/mol. The third kappa shape index (κ3) is 5.36. The second kappa shape index (κ2) is 9.67. The van der Waals surface area contributed by atoms with Gasteiger partial charge in [-0.2, -0.15) is 0 Å². The molecule has 0 amide bonds. The van der Waals surface area contributed by atoms with Crippen molar-refractivity contribution < 1.29 is 17.9 Å². The lowest BCUT2D eigenvalue weighted by Gasteiger charge is -2.32. The van der Waals surface area contributed by atoms with Crippen molar-refractivity contribution in [2.75, 3.05) is 31.6 Å². The Hall–Kier alpha value is -2.62. The molecule has 0 aliphatic carbocycles. The Labute approximate surface area is 186 Å². The number of piperidine rings is 1. The lowest BCUT2D eigenvalue weighted by Crippen LogP contribution is -2.40. The summed E-state index contributed by atoms with van der Waals surface area (Å²) >= 11 is 1.61. The zero-order chi connectivity index (χ0) is 21.7. The molecule has 7 nitrogen and oxygen atoms in total. The van der Waals surface area contributed by atoms with Gasteiger partial charge in [0.15, 0.2) is 16.6 Å². The monoisotopic (exact) mass is 459 g/mol. The Morgan fingerprint density at radius 1 is 1.16 bits per heavy atom. The van der Waals surface area contributed by atoms with E-state index in [-0.39, 0.29) is 10.8 Å². The summed E-state index contributed by atoms with van der Waals surface area (Å²) < 4.78 is 39.4. The van der Waals surface area contributed by atoms with Crippen LogP contribution in [0.2, 0.25) is 0 Å². The van der Waals surface area contributed by atoms with Gasteiger partial charge in [-0.05, 0) is 55.2 Å². The third-order valence-electron chi connectivity index (χ3n) is 5.20. The van der Waals surface area contributed by atoms with Crippen molar-refractivity contribution in [3.05, 3.63) is 60.1 Å². The first-order valence-corrected chi connectivity index (χ1v) is 12.5. The minimum atomic E-state index is -3.60. The lowest BCUT2D eigenvalue weighted by atomic mass is 9.99. The van der Waals surface area contributed by atoms with Gasteiger partial charge in [0.25, 0.3) is 0 Å². The summed E-state index contributed by atoms with van der Waals surface area (Å²) in [4.78, 5) is 6.81. The molecule has 1 N–H and O–H groups in total. The van der Waals surface area contributed by atoms with E-state index in [1.54, 1.807) is 61.0 Å². The van der Waals surface area contributed by atoms with Crippen molar-refractivity contribution in [2.45, 2.75) is 17.7 Å². The minimum absolute atomic E-state index is 0.215. The number of hydrogen-bond donors (Lipinski definition) is 1. The number of hydrogen-bond acceptors (Lipinski definition) is 7. The number of nitrogens with one attached hydrogen (secondary N) is 1. The molecule has 3 aromatic rings. The van der Waals surface area contributed by atoms with Crippen molar-refractivity contribution in [3.63, 3.8) is 0 Å². The lowest BCUT2D eigenvalue weighted by molar-refractivity contribution is 0.379. The highest BCUT2D eigenvalue weighted by molar-refractivity contribution is 7.89. The number of anilines is 1. The maximum atomic E-state index is 12.8. The molecule has 9 heteroatoms. The van der Waals surface area contributed by atoms with E-state index in [0.29, 0.717) is 23.8 Å². The Morgan fingerprint density at radius 3 is 2.65 bits per heavy atom. The number of rotatable bonds is 8. The van der Waals surface area contributed by atoms with E-state index in [1.165, 1.54) is 0 Å². The number of nitrogens with zero attached hydrogens (tertiary/aromatic N) is 2. The zero-order valence-corrected chi connectivity index (χ0v) is 18.9. The molecule has 1 unspecified atom stereocenters. The highest BCUT2D eigenvalue weighted by atomic mass is 32.2. The summed E-state index contributed by atoms with van der Waals surface area (Å²) in [7, 11) is -2.02. The summed E-state index contributed by atoms with van der Waals surface area (Å²) in [5.41, 5.74) is 0. The maximum Gasteiger partial charge on any atom is 0.240 e. The van der Waals surface area contributed by atoms with E-state index in [0.717, 1.165) is 31.1 Å². The van der Waals surface area contributed by atoms with Crippen LogP contribution >= 0.6 is 11.3 Å². The van der Waals surface area contributed by atoms with Crippen LogP contribution in [0.1, 0.15) is 12.8 Å². The molecular formula is C22H25N3O4S2. The highest BCUT2D eigenvalue weighted by Gasteiger charge is 2.23. The summed E-state index contributed by atoms with van der Waals surface area (Å²) in [5.74, 6) is 1.97. The van der Waals surface area contributed by atoms with Crippen LogP contribution in [0.25, 0.3) is 0 Å². The number of benzene rings is 2. The van der Waals surface area contributed by atoms with Crippen LogP contribution in [-0.2, 0) is 10.0 Å². The summed E-state index contributed by atoms with van der Waals surface area (Å²) in [6.45, 7) is 2.18. The quantitative estimate of drug-likeness (QED) is 0.545. The zero-order valence-electron chi connectivity index (χ0n) is 17.2. The van der Waals surface area contributed by atoms with E-state index in [9.17, 15) is 8.42 Å². The van der Waals surface area contributed by atoms with Crippen LogP contribution in [0, 0.1) is 5.92 Å². The van der Waals surface area contributed by atoms with Crippen LogP contribution in [0.15, 0.2) is 65.0 Å². The predicted octanol–water partition coefficient (Wildman–Crippen LogP) is 4.14. The van der Waals surface area contributed by atoms with Crippen LogP contribution in [-0.4, -0.2) is 40.1 Å². The van der Waals surface area contributed by atoms with Gasteiger partial charge in [0.1, 0.15) is 5.75 Å². The number of ether oxygens (including phenoxy) is 2. The van der Waals surface area contributed by atoms with Crippen LogP contribution in [0.4, 0.5) is 5.13 Å². The summed E-state index contributed by atoms with van der Waals surface area (Å²) in [5, 5.41) is 2.96. The van der Waals surface area contributed by atoms with Gasteiger partial charge in [-0.25, -0.2) is 18.1 Å². The maximum absolute atomic E-state index is 12.8. The first-order valence-electron chi connectivity index (χ1n) is 10.1. The third-order valence-corrected chi connectivity index (χ3v) is 7.47. The Balaban J connectivity index is 1.36. The van der Waals surface area contributed by atoms with Crippen molar-refractivity contribution in [1.82, 2.24) is 9.71 Å². The molecule has 2 aromatic carbocycles. The van der Waals surface area contributed by atoms with Gasteiger partial charge in [0.2, 0.25) is 10.0 Å². The van der Waals surface area contributed by atoms with Crippen molar-refractivity contribution in [2.24, 2.45) is 5.92 Å². The van der Waals surface area contributed by atoms with Crippen molar-refractivity contribution in [1.29, 1.82) is 0 Å². The average Bonchev–Trinajstić information content (AvgIpc) is 3.34. The van der Waals surface area contributed by atoms with Crippen LogP contribution in [0.5, 0.6) is 17.2 Å². The summed E-state index contributed by atoms with van der Waals surface area (Å²) in [6.07, 6.45) is 3.82. The fraction of sp³-hybridized carbons (Fsp3) is 0.318. The SMILES string of the molecule is COc1ccccc1Oc1ccc(S(=O)(=O)NCC2CCCN(c3nccs3)C2)cc1. The molecule has 0 radical (unpaired) electrons. The van der Waals surface area contributed by atoms with E-state index < -0.39 is 10.0 Å². The fourth-order valence-corrected chi connectivity index (χ4v) is 5.40. The number of sulfonamides is 1. The normalized spacial score (nSPS) is 16.8. The second-order valence-electron chi connectivity index (χ2n) is 7.35. The Bertz CT molecular complexity index is 1090. The fourth-order valence-electron chi connectivity index (χ4n) is 3.61. The van der Waals surface area contributed by atoms with Gasteiger partial charge in [-0.1, -0.05) is 12.1 Å². The number of aromatic nitrogens is 1. The van der Waals surface area contributed by atoms with E-state index in [4.69, 9.17) is 9.47 Å². The van der Waals surface area contributed by atoms with Crippen molar-refractivity contribution >= 4 is 26.5 Å². The molecule has 1 aliphatic heterocycles. The molecule has 0 spiro atoms. The molecule has 0 saturated carbocycles. The van der Waals surface area contributed by atoms with Gasteiger partial charge in [-0.15, -0.1) is 11.3 Å². The second-order valence-corrected chi connectivity index (χ2v) is 9.99. The number of methoxy groups -OCH3 is 1. The Kier molecular flexibility index (Phi) is 6.74. The van der Waals surface area contributed by atoms with Crippen LogP contribution < -0.4 is 19.1 Å². The average molecular weight is 460 g/mol. The van der Waals surface area contributed by atoms with Crippen molar-refractivity contribution in [3.8, 4) is 17.2 Å². The highest BCUT2D eigenvalue weighted by Crippen LogP contribution is 2.31. The smallest absolute Gasteiger partial charge is 0.240 e. The van der Waals surface area contributed by atoms with Gasteiger partial charge in [0, 0.05) is 31.2 Å². The van der Waals surface area contributed by atoms with Gasteiger partial charge in [0.05, 0.1) is 12.0 Å². The molecule has 4 rings (SSSR count). The molecule has 2 heterocycles. The Morgan fingerprint density at radius 2 is 1.94 bits per heavy atom. The molecule has 1 atom stereocenters. The first-order chi connectivity index (χ1) is 15.0. The molecule has 31 heavy (non-hydrogen) atoms. The standard InChI is InChI=1S/C22H25N3O4S2/c1-28-20-6-2-3-7-21(20)29-18-8-10-19(11-9-18)31(26,27)24-15-17-5-4-13-25(16-17)22-23-12-14-30-22/h2-3,6-12,14,17,24H,4-5,13,15-16H2,1H3. The molecule has 164 valence electrons. The predicted molar refractivity (Wildman–Crippen MR) is 122 cm³/mol. The molecule has 1 fully saturated rings. The minimum Gasteiger partial charge on any atom is -0.493 e. The van der Waals surface area contributed by atoms with Gasteiger partial charge < -0.3 is 14.4 Å².